The zero-order valence-corrected chi connectivity index (χ0v) is 13.3. The highest BCUT2D eigenvalue weighted by Crippen LogP contribution is 2.39. The fourth-order valence-corrected chi connectivity index (χ4v) is 2.25. The molecule has 3 nitrogen and oxygen atoms in total. The van der Waals surface area contributed by atoms with Crippen molar-refractivity contribution in [1.82, 2.24) is 0 Å². The lowest BCUT2D eigenvalue weighted by Crippen LogP contribution is -2.41. The van der Waals surface area contributed by atoms with Gasteiger partial charge in [-0.05, 0) is 50.9 Å². The highest BCUT2D eigenvalue weighted by Gasteiger charge is 2.52. The predicted molar refractivity (Wildman–Crippen MR) is 86.0 cm³/mol. The molecule has 108 valence electrons. The van der Waals surface area contributed by atoms with Gasteiger partial charge in [0.1, 0.15) is 5.75 Å². The SMILES string of the molecule is CC1(C)OB(C(=Cc2cccc(O)c2)CS)OC1(C)C. The van der Waals surface area contributed by atoms with Crippen molar-refractivity contribution in [1.29, 1.82) is 0 Å². The van der Waals surface area contributed by atoms with E-state index < -0.39 is 7.12 Å². The molecule has 0 spiro atoms. The molecule has 0 atom stereocenters. The number of aromatic hydroxyl groups is 1. The summed E-state index contributed by atoms with van der Waals surface area (Å²) in [5.41, 5.74) is 1.12. The Labute approximate surface area is 126 Å². The Balaban J connectivity index is 2.26. The van der Waals surface area contributed by atoms with E-state index in [1.54, 1.807) is 12.1 Å². The van der Waals surface area contributed by atoms with Crippen molar-refractivity contribution in [3.8, 4) is 5.75 Å². The minimum absolute atomic E-state index is 0.242. The molecule has 0 unspecified atom stereocenters. The minimum Gasteiger partial charge on any atom is -0.508 e. The van der Waals surface area contributed by atoms with Crippen molar-refractivity contribution in [2.75, 3.05) is 5.75 Å². The van der Waals surface area contributed by atoms with E-state index in [0.717, 1.165) is 11.0 Å². The molecule has 1 N–H and O–H groups in total. The summed E-state index contributed by atoms with van der Waals surface area (Å²) in [7, 11) is -0.403. The van der Waals surface area contributed by atoms with Crippen molar-refractivity contribution in [2.24, 2.45) is 0 Å². The molecule has 20 heavy (non-hydrogen) atoms. The summed E-state index contributed by atoms with van der Waals surface area (Å²) < 4.78 is 12.0. The first-order chi connectivity index (χ1) is 9.25. The molecule has 0 amide bonds. The molecular weight excluding hydrogens is 271 g/mol. The van der Waals surface area contributed by atoms with Gasteiger partial charge in [0, 0.05) is 5.75 Å². The van der Waals surface area contributed by atoms with Gasteiger partial charge >= 0.3 is 7.12 Å². The van der Waals surface area contributed by atoms with E-state index in [-0.39, 0.29) is 17.0 Å². The van der Waals surface area contributed by atoms with Gasteiger partial charge in [0.05, 0.1) is 11.2 Å². The largest absolute Gasteiger partial charge is 0.508 e. The lowest BCUT2D eigenvalue weighted by atomic mass is 9.78. The number of thiol groups is 1. The van der Waals surface area contributed by atoms with Crippen LogP contribution >= 0.6 is 12.6 Å². The van der Waals surface area contributed by atoms with Crippen molar-refractivity contribution in [2.45, 2.75) is 38.9 Å². The maximum Gasteiger partial charge on any atom is 0.491 e. The average Bonchev–Trinajstić information content (AvgIpc) is 2.55. The van der Waals surface area contributed by atoms with Gasteiger partial charge < -0.3 is 14.4 Å². The Morgan fingerprint density at radius 1 is 1.25 bits per heavy atom. The average molecular weight is 292 g/mol. The van der Waals surface area contributed by atoms with Crippen LogP contribution in [0.25, 0.3) is 6.08 Å². The Hall–Kier alpha value is -0.905. The van der Waals surface area contributed by atoms with Crippen molar-refractivity contribution in [3.63, 3.8) is 0 Å². The van der Waals surface area contributed by atoms with Gasteiger partial charge in [-0.15, -0.1) is 0 Å². The molecule has 1 aromatic carbocycles. The molecule has 2 rings (SSSR count). The lowest BCUT2D eigenvalue weighted by Gasteiger charge is -2.32. The van der Waals surface area contributed by atoms with Crippen LogP contribution in [-0.2, 0) is 9.31 Å². The number of rotatable bonds is 3. The molecule has 0 aliphatic carbocycles. The van der Waals surface area contributed by atoms with Crippen LogP contribution in [0.1, 0.15) is 33.3 Å². The zero-order chi connectivity index (χ0) is 15.0. The monoisotopic (exact) mass is 292 g/mol. The molecule has 1 aliphatic heterocycles. The van der Waals surface area contributed by atoms with Crippen molar-refractivity contribution < 1.29 is 14.4 Å². The summed E-state index contributed by atoms with van der Waals surface area (Å²) >= 11 is 4.37. The standard InChI is InChI=1S/C15H21BO3S/c1-14(2)15(3,4)19-16(18-14)12(10-20)8-11-6-5-7-13(17)9-11/h5-9,17,20H,10H2,1-4H3. The highest BCUT2D eigenvalue weighted by molar-refractivity contribution is 7.80. The molecule has 1 saturated heterocycles. The fraction of sp³-hybridized carbons (Fsp3) is 0.467. The van der Waals surface area contributed by atoms with Crippen LogP contribution in [0.4, 0.5) is 0 Å². The summed E-state index contributed by atoms with van der Waals surface area (Å²) in [4.78, 5) is 0. The topological polar surface area (TPSA) is 38.7 Å². The second-order valence-corrected chi connectivity index (χ2v) is 6.38. The molecule has 1 aromatic rings. The summed E-state index contributed by atoms with van der Waals surface area (Å²) in [6, 6.07) is 7.08. The van der Waals surface area contributed by atoms with Gasteiger partial charge in [-0.25, -0.2) is 0 Å². The lowest BCUT2D eigenvalue weighted by molar-refractivity contribution is 0.00578. The minimum atomic E-state index is -0.403. The normalized spacial score (nSPS) is 21.2. The summed E-state index contributed by atoms with van der Waals surface area (Å²) in [6.07, 6.45) is 1.95. The number of hydrogen-bond donors (Lipinski definition) is 2. The number of phenols is 1. The van der Waals surface area contributed by atoms with Crippen LogP contribution in [0.15, 0.2) is 29.7 Å². The molecule has 0 saturated carbocycles. The van der Waals surface area contributed by atoms with Crippen molar-refractivity contribution >= 4 is 25.8 Å². The first-order valence-corrected chi connectivity index (χ1v) is 7.34. The second-order valence-electron chi connectivity index (χ2n) is 6.06. The van der Waals surface area contributed by atoms with Crippen LogP contribution in [0.2, 0.25) is 0 Å². The quantitative estimate of drug-likeness (QED) is 0.663. The smallest absolute Gasteiger partial charge is 0.491 e. The Kier molecular flexibility index (Phi) is 4.23. The zero-order valence-electron chi connectivity index (χ0n) is 12.4. The fourth-order valence-electron chi connectivity index (χ4n) is 2.01. The van der Waals surface area contributed by atoms with Crippen LogP contribution in [0, 0.1) is 0 Å². The number of benzene rings is 1. The summed E-state index contributed by atoms with van der Waals surface area (Å²) in [5.74, 6) is 0.776. The molecular formula is C15H21BO3S. The Morgan fingerprint density at radius 2 is 1.85 bits per heavy atom. The molecule has 0 bridgehead atoms. The third-order valence-corrected chi connectivity index (χ3v) is 4.33. The summed E-state index contributed by atoms with van der Waals surface area (Å²) in [6.45, 7) is 8.10. The van der Waals surface area contributed by atoms with Crippen LogP contribution in [0.3, 0.4) is 0 Å². The predicted octanol–water partition coefficient (Wildman–Crippen LogP) is 3.34. The van der Waals surface area contributed by atoms with E-state index >= 15 is 0 Å². The molecule has 1 heterocycles. The van der Waals surface area contributed by atoms with Crippen molar-refractivity contribution in [3.05, 3.63) is 35.3 Å². The first-order valence-electron chi connectivity index (χ1n) is 6.71. The van der Waals surface area contributed by atoms with Gasteiger partial charge in [-0.1, -0.05) is 18.2 Å². The first kappa shape index (κ1) is 15.5. The van der Waals surface area contributed by atoms with Crippen LogP contribution in [0.5, 0.6) is 5.75 Å². The molecule has 0 aromatic heterocycles. The highest BCUT2D eigenvalue weighted by atomic mass is 32.1. The number of hydrogen-bond acceptors (Lipinski definition) is 4. The molecule has 1 fully saturated rings. The molecule has 0 radical (unpaired) electrons. The summed E-state index contributed by atoms with van der Waals surface area (Å²) in [5, 5.41) is 9.52. The van der Waals surface area contributed by atoms with E-state index in [2.05, 4.69) is 12.6 Å². The Bertz CT molecular complexity index is 510. The third-order valence-electron chi connectivity index (χ3n) is 3.96. The van der Waals surface area contributed by atoms with E-state index in [1.807, 2.05) is 45.9 Å². The van der Waals surface area contributed by atoms with Gasteiger partial charge in [-0.3, -0.25) is 0 Å². The molecule has 1 aliphatic rings. The van der Waals surface area contributed by atoms with Gasteiger partial charge in [0.2, 0.25) is 0 Å². The van der Waals surface area contributed by atoms with E-state index in [0.29, 0.717) is 5.75 Å². The van der Waals surface area contributed by atoms with Gasteiger partial charge in [-0.2, -0.15) is 12.6 Å². The van der Waals surface area contributed by atoms with E-state index in [4.69, 9.17) is 9.31 Å². The maximum absolute atomic E-state index is 9.52. The second kappa shape index (κ2) is 5.47. The van der Waals surface area contributed by atoms with Gasteiger partial charge in [0.25, 0.3) is 0 Å². The van der Waals surface area contributed by atoms with E-state index in [1.165, 1.54) is 0 Å². The molecule has 5 heteroatoms. The number of phenolic OH excluding ortho intramolecular Hbond substituents is 1. The van der Waals surface area contributed by atoms with E-state index in [9.17, 15) is 5.11 Å². The van der Waals surface area contributed by atoms with Crippen LogP contribution < -0.4 is 0 Å². The maximum atomic E-state index is 9.52. The Morgan fingerprint density at radius 3 is 2.35 bits per heavy atom. The third kappa shape index (κ3) is 3.05. The van der Waals surface area contributed by atoms with Gasteiger partial charge in [0.15, 0.2) is 0 Å². The van der Waals surface area contributed by atoms with Crippen LogP contribution in [-0.4, -0.2) is 29.2 Å².